The van der Waals surface area contributed by atoms with Gasteiger partial charge in [0, 0.05) is 10.4 Å². The molecule has 0 aliphatic rings. The average Bonchev–Trinajstić information content (AvgIpc) is 2.35. The number of hydrogen-bond acceptors (Lipinski definition) is 0. The first kappa shape index (κ1) is 12.4. The molecule has 2 aromatic rings. The molecular formula is C16H17Br. The molecule has 17 heavy (non-hydrogen) atoms. The Balaban J connectivity index is 2.33. The molecule has 0 nitrogen and oxygen atoms in total. The molecule has 88 valence electrons. The fourth-order valence-electron chi connectivity index (χ4n) is 2.16. The summed E-state index contributed by atoms with van der Waals surface area (Å²) in [6, 6.07) is 17.5. The molecule has 0 heterocycles. The zero-order valence-electron chi connectivity index (χ0n) is 10.3. The maximum absolute atomic E-state index is 3.48. The van der Waals surface area contributed by atoms with Crippen molar-refractivity contribution < 1.29 is 0 Å². The van der Waals surface area contributed by atoms with Crippen molar-refractivity contribution in [1.29, 1.82) is 0 Å². The maximum atomic E-state index is 3.48. The second-order valence-corrected chi connectivity index (χ2v) is 5.34. The van der Waals surface area contributed by atoms with Crippen molar-refractivity contribution in [3.05, 3.63) is 69.7 Å². The van der Waals surface area contributed by atoms with Crippen LogP contribution in [-0.2, 0) is 0 Å². The average molecular weight is 289 g/mol. The molecule has 0 amide bonds. The van der Waals surface area contributed by atoms with Crippen LogP contribution in [0.25, 0.3) is 0 Å². The van der Waals surface area contributed by atoms with Crippen LogP contribution in [0.3, 0.4) is 0 Å². The second kappa shape index (κ2) is 5.50. The molecule has 0 saturated heterocycles. The Morgan fingerprint density at radius 2 is 1.35 bits per heavy atom. The van der Waals surface area contributed by atoms with Gasteiger partial charge in [-0.25, -0.2) is 0 Å². The molecule has 0 aromatic heterocycles. The van der Waals surface area contributed by atoms with E-state index in [1.165, 1.54) is 16.7 Å². The molecule has 0 aliphatic heterocycles. The summed E-state index contributed by atoms with van der Waals surface area (Å²) < 4.78 is 1.14. The molecule has 0 N–H and O–H groups in total. The number of rotatable bonds is 3. The highest BCUT2D eigenvalue weighted by Crippen LogP contribution is 2.28. The van der Waals surface area contributed by atoms with E-state index in [0.29, 0.717) is 5.92 Å². The maximum Gasteiger partial charge on any atom is 0.0175 e. The predicted molar refractivity (Wildman–Crippen MR) is 77.5 cm³/mol. The third kappa shape index (κ3) is 2.98. The molecular weight excluding hydrogens is 272 g/mol. The SMILES string of the molecule is CCC(c1ccc(C)cc1)c1ccc(Br)cc1. The molecule has 0 saturated carbocycles. The van der Waals surface area contributed by atoms with Crippen LogP contribution in [0.2, 0.25) is 0 Å². The van der Waals surface area contributed by atoms with Crippen molar-refractivity contribution in [3.8, 4) is 0 Å². The standard InChI is InChI=1S/C16H17Br/c1-3-16(13-6-4-12(2)5-7-13)14-8-10-15(17)11-9-14/h4-11,16H,3H2,1-2H3. The lowest BCUT2D eigenvalue weighted by Crippen LogP contribution is -1.99. The van der Waals surface area contributed by atoms with E-state index in [1.54, 1.807) is 0 Å². The van der Waals surface area contributed by atoms with Crippen LogP contribution >= 0.6 is 15.9 Å². The summed E-state index contributed by atoms with van der Waals surface area (Å²) in [7, 11) is 0. The van der Waals surface area contributed by atoms with Crippen molar-refractivity contribution >= 4 is 15.9 Å². The highest BCUT2D eigenvalue weighted by molar-refractivity contribution is 9.10. The van der Waals surface area contributed by atoms with Crippen LogP contribution in [0.4, 0.5) is 0 Å². The van der Waals surface area contributed by atoms with Gasteiger partial charge in [0.2, 0.25) is 0 Å². The van der Waals surface area contributed by atoms with Crippen LogP contribution < -0.4 is 0 Å². The summed E-state index contributed by atoms with van der Waals surface area (Å²) in [5.74, 6) is 0.503. The molecule has 2 rings (SSSR count). The van der Waals surface area contributed by atoms with Crippen LogP contribution in [0.5, 0.6) is 0 Å². The molecule has 0 radical (unpaired) electrons. The zero-order chi connectivity index (χ0) is 12.3. The molecule has 0 spiro atoms. The third-order valence-electron chi connectivity index (χ3n) is 3.16. The van der Waals surface area contributed by atoms with Crippen molar-refractivity contribution in [3.63, 3.8) is 0 Å². The first-order valence-corrected chi connectivity index (χ1v) is 6.82. The van der Waals surface area contributed by atoms with Gasteiger partial charge in [-0.05, 0) is 36.6 Å². The lowest BCUT2D eigenvalue weighted by Gasteiger charge is -2.16. The lowest BCUT2D eigenvalue weighted by molar-refractivity contribution is 0.777. The van der Waals surface area contributed by atoms with Crippen molar-refractivity contribution in [1.82, 2.24) is 0 Å². The molecule has 1 unspecified atom stereocenters. The first-order chi connectivity index (χ1) is 8.20. The number of benzene rings is 2. The molecule has 2 aromatic carbocycles. The van der Waals surface area contributed by atoms with E-state index in [4.69, 9.17) is 0 Å². The fraction of sp³-hybridized carbons (Fsp3) is 0.250. The van der Waals surface area contributed by atoms with Gasteiger partial charge in [-0.15, -0.1) is 0 Å². The molecule has 0 aliphatic carbocycles. The Hall–Kier alpha value is -1.08. The summed E-state index contributed by atoms with van der Waals surface area (Å²) >= 11 is 3.48. The molecule has 0 fully saturated rings. The van der Waals surface area contributed by atoms with E-state index in [2.05, 4.69) is 78.3 Å². The monoisotopic (exact) mass is 288 g/mol. The van der Waals surface area contributed by atoms with Gasteiger partial charge in [0.15, 0.2) is 0 Å². The van der Waals surface area contributed by atoms with E-state index in [0.717, 1.165) is 10.9 Å². The van der Waals surface area contributed by atoms with Crippen molar-refractivity contribution in [2.75, 3.05) is 0 Å². The topological polar surface area (TPSA) is 0 Å². The van der Waals surface area contributed by atoms with Gasteiger partial charge < -0.3 is 0 Å². The molecule has 0 bridgehead atoms. The van der Waals surface area contributed by atoms with Crippen LogP contribution in [0, 0.1) is 6.92 Å². The third-order valence-corrected chi connectivity index (χ3v) is 3.69. The number of hydrogen-bond donors (Lipinski definition) is 0. The highest BCUT2D eigenvalue weighted by atomic mass is 79.9. The predicted octanol–water partition coefficient (Wildman–Crippen LogP) is 5.30. The van der Waals surface area contributed by atoms with Gasteiger partial charge in [0.1, 0.15) is 0 Å². The minimum Gasteiger partial charge on any atom is -0.0645 e. The molecule has 1 atom stereocenters. The van der Waals surface area contributed by atoms with E-state index in [1.807, 2.05) is 0 Å². The summed E-state index contributed by atoms with van der Waals surface area (Å²) in [6.07, 6.45) is 1.13. The number of aryl methyl sites for hydroxylation is 1. The summed E-state index contributed by atoms with van der Waals surface area (Å²) in [5, 5.41) is 0. The second-order valence-electron chi connectivity index (χ2n) is 4.42. The first-order valence-electron chi connectivity index (χ1n) is 6.02. The van der Waals surface area contributed by atoms with Crippen LogP contribution in [-0.4, -0.2) is 0 Å². The van der Waals surface area contributed by atoms with E-state index in [9.17, 15) is 0 Å². The minimum absolute atomic E-state index is 0.503. The van der Waals surface area contributed by atoms with Gasteiger partial charge in [-0.3, -0.25) is 0 Å². The van der Waals surface area contributed by atoms with Gasteiger partial charge >= 0.3 is 0 Å². The van der Waals surface area contributed by atoms with Gasteiger partial charge in [-0.1, -0.05) is 64.8 Å². The van der Waals surface area contributed by atoms with Gasteiger partial charge in [-0.2, -0.15) is 0 Å². The summed E-state index contributed by atoms with van der Waals surface area (Å²) in [4.78, 5) is 0. The smallest absolute Gasteiger partial charge is 0.0175 e. The van der Waals surface area contributed by atoms with Crippen molar-refractivity contribution in [2.45, 2.75) is 26.2 Å². The number of halogens is 1. The Morgan fingerprint density at radius 1 is 0.882 bits per heavy atom. The Kier molecular flexibility index (Phi) is 4.01. The largest absolute Gasteiger partial charge is 0.0645 e. The quantitative estimate of drug-likeness (QED) is 0.719. The van der Waals surface area contributed by atoms with Gasteiger partial charge in [0.25, 0.3) is 0 Å². The Labute approximate surface area is 112 Å². The van der Waals surface area contributed by atoms with E-state index in [-0.39, 0.29) is 0 Å². The van der Waals surface area contributed by atoms with E-state index >= 15 is 0 Å². The van der Waals surface area contributed by atoms with Crippen LogP contribution in [0.15, 0.2) is 53.0 Å². The molecule has 1 heteroatoms. The lowest BCUT2D eigenvalue weighted by atomic mass is 9.89. The Morgan fingerprint density at radius 3 is 1.82 bits per heavy atom. The minimum atomic E-state index is 0.503. The van der Waals surface area contributed by atoms with E-state index < -0.39 is 0 Å². The summed E-state index contributed by atoms with van der Waals surface area (Å²) in [5.41, 5.74) is 4.11. The van der Waals surface area contributed by atoms with Crippen LogP contribution in [0.1, 0.15) is 36.0 Å². The van der Waals surface area contributed by atoms with Gasteiger partial charge in [0.05, 0.1) is 0 Å². The Bertz CT molecular complexity index is 422. The zero-order valence-corrected chi connectivity index (χ0v) is 11.9. The highest BCUT2D eigenvalue weighted by Gasteiger charge is 2.11. The summed E-state index contributed by atoms with van der Waals surface area (Å²) in [6.45, 7) is 4.37. The van der Waals surface area contributed by atoms with Crippen molar-refractivity contribution in [2.24, 2.45) is 0 Å². The normalized spacial score (nSPS) is 12.4. The fourth-order valence-corrected chi connectivity index (χ4v) is 2.42.